The summed E-state index contributed by atoms with van der Waals surface area (Å²) in [6.07, 6.45) is 2.18. The zero-order chi connectivity index (χ0) is 9.28. The van der Waals surface area contributed by atoms with E-state index in [2.05, 4.69) is 6.55 Å². The van der Waals surface area contributed by atoms with Crippen LogP contribution >= 0.6 is 12.4 Å². The van der Waals surface area contributed by atoms with Crippen LogP contribution in [0.4, 0.5) is 0 Å². The maximum absolute atomic E-state index is 8.06. The van der Waals surface area contributed by atoms with Crippen molar-refractivity contribution in [2.45, 2.75) is 46.4 Å². The van der Waals surface area contributed by atoms with Crippen LogP contribution in [0.1, 0.15) is 27.7 Å². The minimum absolute atomic E-state index is 0. The van der Waals surface area contributed by atoms with Crippen LogP contribution in [0.5, 0.6) is 0 Å². The van der Waals surface area contributed by atoms with E-state index in [1.807, 2.05) is 20.1 Å². The molecule has 5 heteroatoms. The third kappa shape index (κ3) is 61.3. The zero-order valence-corrected chi connectivity index (χ0v) is 13.1. The Labute approximate surface area is 107 Å². The van der Waals surface area contributed by atoms with Gasteiger partial charge in [-0.05, 0) is 27.7 Å². The topological polar surface area (TPSA) is 29.5 Å². The standard InChI is InChI=1S/C5H13OSi.C3H8O.ClH.Mg/c1-5(2)6-4-7-3;1-3(2)4;;/h4-5H,7H2,1-3H3;3-4H,1-2H3;1H;/q-1;;;+2. The molecule has 0 atom stereocenters. The Hall–Kier alpha value is 1.19. The number of aliphatic hydroxyl groups is 1. The van der Waals surface area contributed by atoms with Crippen LogP contribution in [0, 0.1) is 6.23 Å². The Morgan fingerprint density at radius 3 is 1.62 bits per heavy atom. The van der Waals surface area contributed by atoms with E-state index in [-0.39, 0.29) is 51.1 Å². The molecule has 0 aliphatic rings. The maximum Gasteiger partial charge on any atom is 2.00 e. The summed E-state index contributed by atoms with van der Waals surface area (Å²) in [6.45, 7) is 9.73. The smallest absolute Gasteiger partial charge is 0.552 e. The summed E-state index contributed by atoms with van der Waals surface area (Å²) >= 11 is 0. The van der Waals surface area contributed by atoms with Gasteiger partial charge in [0.25, 0.3) is 0 Å². The Kier molecular flexibility index (Phi) is 34.5. The van der Waals surface area contributed by atoms with Gasteiger partial charge in [-0.1, -0.05) is 6.55 Å². The van der Waals surface area contributed by atoms with Crippen molar-refractivity contribution in [2.24, 2.45) is 0 Å². The molecule has 0 spiro atoms. The molecule has 0 unspecified atom stereocenters. The van der Waals surface area contributed by atoms with Crippen molar-refractivity contribution in [3.05, 3.63) is 6.23 Å². The summed E-state index contributed by atoms with van der Waals surface area (Å²) in [5, 5.41) is 8.06. The minimum atomic E-state index is -0.167. The number of aliphatic hydroxyl groups excluding tert-OH is 1. The molecule has 0 aromatic rings. The van der Waals surface area contributed by atoms with Crippen LogP contribution < -0.4 is 0 Å². The van der Waals surface area contributed by atoms with Crippen LogP contribution in [0.15, 0.2) is 0 Å². The van der Waals surface area contributed by atoms with Gasteiger partial charge in [-0.15, -0.1) is 21.9 Å². The second-order valence-electron chi connectivity index (χ2n) is 2.85. The molecule has 0 rings (SSSR count). The molecule has 0 aromatic carbocycles. The average molecular weight is 238 g/mol. The van der Waals surface area contributed by atoms with E-state index in [9.17, 15) is 0 Å². The summed E-state index contributed by atoms with van der Waals surface area (Å²) in [5.74, 6) is 0. The molecule has 0 heterocycles. The van der Waals surface area contributed by atoms with E-state index >= 15 is 0 Å². The van der Waals surface area contributed by atoms with E-state index in [1.165, 1.54) is 0 Å². The van der Waals surface area contributed by atoms with Crippen LogP contribution in [0.25, 0.3) is 0 Å². The van der Waals surface area contributed by atoms with E-state index in [1.54, 1.807) is 13.8 Å². The molecule has 0 aromatic heterocycles. The van der Waals surface area contributed by atoms with Crippen molar-refractivity contribution in [3.63, 3.8) is 0 Å². The Morgan fingerprint density at radius 2 is 1.54 bits per heavy atom. The van der Waals surface area contributed by atoms with Crippen LogP contribution in [0.3, 0.4) is 0 Å². The maximum atomic E-state index is 8.06. The Morgan fingerprint density at radius 1 is 1.23 bits per heavy atom. The van der Waals surface area contributed by atoms with Crippen molar-refractivity contribution in [2.75, 3.05) is 0 Å². The van der Waals surface area contributed by atoms with Gasteiger partial charge in [0.15, 0.2) is 0 Å². The summed E-state index contributed by atoms with van der Waals surface area (Å²) in [5.41, 5.74) is 0. The molecule has 0 radical (unpaired) electrons. The SMILES string of the molecule is CC(C)O.C[SiH2][CH-]OC(C)C.Cl.[Mg+2]. The molecule has 0 saturated heterocycles. The first-order valence-corrected chi connectivity index (χ1v) is 6.39. The fourth-order valence-corrected chi connectivity index (χ4v) is 0.866. The predicted octanol–water partition coefficient (Wildman–Crippen LogP) is 1.18. The molecule has 2 nitrogen and oxygen atoms in total. The number of hydrogen-bond donors (Lipinski definition) is 1. The van der Waals surface area contributed by atoms with Gasteiger partial charge in [0.1, 0.15) is 0 Å². The summed E-state index contributed by atoms with van der Waals surface area (Å²) in [6, 6.07) is 0. The third-order valence-electron chi connectivity index (χ3n) is 0.535. The van der Waals surface area contributed by atoms with Gasteiger partial charge >= 0.3 is 23.1 Å². The first-order valence-electron chi connectivity index (χ1n) is 4.15. The molecule has 1 N–H and O–H groups in total. The quantitative estimate of drug-likeness (QED) is 0.590. The summed E-state index contributed by atoms with van der Waals surface area (Å²) in [7, 11) is 0.0240. The Bertz CT molecular complexity index is 72.4. The fourth-order valence-electron chi connectivity index (χ4n) is 0.289. The minimum Gasteiger partial charge on any atom is -0.552 e. The van der Waals surface area contributed by atoms with Crippen molar-refractivity contribution in [1.29, 1.82) is 0 Å². The number of hydrogen-bond acceptors (Lipinski definition) is 2. The number of rotatable bonds is 3. The predicted molar refractivity (Wildman–Crippen MR) is 65.3 cm³/mol. The van der Waals surface area contributed by atoms with Gasteiger partial charge in [0.2, 0.25) is 0 Å². The first-order chi connectivity index (χ1) is 5.00. The van der Waals surface area contributed by atoms with E-state index in [4.69, 9.17) is 9.84 Å². The fraction of sp³-hybridized carbons (Fsp3) is 0.875. The molecule has 0 amide bonds. The van der Waals surface area contributed by atoms with Gasteiger partial charge < -0.3 is 9.84 Å². The van der Waals surface area contributed by atoms with Gasteiger partial charge in [-0.2, -0.15) is 0 Å². The van der Waals surface area contributed by atoms with E-state index in [0.29, 0.717) is 6.10 Å². The van der Waals surface area contributed by atoms with Crippen LogP contribution in [-0.4, -0.2) is 49.9 Å². The molecule has 0 saturated carbocycles. The summed E-state index contributed by atoms with van der Waals surface area (Å²) < 4.78 is 5.13. The second-order valence-corrected chi connectivity index (χ2v) is 4.00. The van der Waals surface area contributed by atoms with Gasteiger partial charge in [-0.25, -0.2) is 6.23 Å². The van der Waals surface area contributed by atoms with Crippen molar-refractivity contribution in [1.82, 2.24) is 0 Å². The van der Waals surface area contributed by atoms with Gasteiger partial charge in [0.05, 0.1) is 0 Å². The zero-order valence-electron chi connectivity index (χ0n) is 9.41. The van der Waals surface area contributed by atoms with Gasteiger partial charge in [0, 0.05) is 12.2 Å². The number of halogens is 1. The van der Waals surface area contributed by atoms with Crippen LogP contribution in [0.2, 0.25) is 6.55 Å². The third-order valence-corrected chi connectivity index (χ3v) is 1.06. The monoisotopic (exact) mass is 237 g/mol. The normalized spacial score (nSPS) is 9.23. The summed E-state index contributed by atoms with van der Waals surface area (Å²) in [4.78, 5) is 0. The first kappa shape index (κ1) is 23.8. The molecule has 78 valence electrons. The van der Waals surface area contributed by atoms with Crippen molar-refractivity contribution in [3.8, 4) is 0 Å². The van der Waals surface area contributed by atoms with Gasteiger partial charge in [-0.3, -0.25) is 0 Å². The largest absolute Gasteiger partial charge is 2.00 e. The molecular weight excluding hydrogens is 216 g/mol. The molecule has 0 aliphatic carbocycles. The van der Waals surface area contributed by atoms with Crippen LogP contribution in [-0.2, 0) is 4.74 Å². The molecule has 13 heavy (non-hydrogen) atoms. The Balaban J connectivity index is -0.0000000600. The second kappa shape index (κ2) is 18.9. The molecule has 0 fully saturated rings. The molecule has 0 aliphatic heterocycles. The van der Waals surface area contributed by atoms with Crippen molar-refractivity contribution >= 4 is 45.0 Å². The van der Waals surface area contributed by atoms with Crippen molar-refractivity contribution < 1.29 is 9.84 Å². The number of ether oxygens (including phenoxy) is 1. The van der Waals surface area contributed by atoms with E-state index in [0.717, 1.165) is 0 Å². The van der Waals surface area contributed by atoms with E-state index < -0.39 is 0 Å². The molecule has 0 bridgehead atoms. The average Bonchev–Trinajstić information content (AvgIpc) is 1.82. The molecular formula is C8H22ClMgO2Si+.